The third-order valence-corrected chi connectivity index (χ3v) is 2.21. The molecule has 0 amide bonds. The number of nitrogens with zero attached hydrogens (tertiary/aromatic N) is 1. The van der Waals surface area contributed by atoms with Crippen LogP contribution in [0.4, 0.5) is 13.2 Å². The summed E-state index contributed by atoms with van der Waals surface area (Å²) in [6, 6.07) is -0.154. The van der Waals surface area contributed by atoms with Crippen molar-refractivity contribution in [3.05, 3.63) is 0 Å². The second kappa shape index (κ2) is 7.86. The van der Waals surface area contributed by atoms with Gasteiger partial charge in [-0.3, -0.25) is 0 Å². The Morgan fingerprint density at radius 1 is 1.38 bits per heavy atom. The Morgan fingerprint density at radius 3 is 2.44 bits per heavy atom. The first-order chi connectivity index (χ1) is 7.39. The molecule has 0 aromatic rings. The van der Waals surface area contributed by atoms with E-state index in [0.29, 0.717) is 6.54 Å². The maximum absolute atomic E-state index is 11.9. The Bertz CT molecular complexity index is 176. The van der Waals surface area contributed by atoms with Crippen LogP contribution in [0.1, 0.15) is 19.8 Å². The van der Waals surface area contributed by atoms with E-state index in [1.54, 1.807) is 11.9 Å². The molecule has 0 saturated carbocycles. The van der Waals surface area contributed by atoms with Gasteiger partial charge in [0.15, 0.2) is 0 Å². The SMILES string of the molecule is CCCNC(CO)CN(C)CCC(F)(F)F. The Hall–Kier alpha value is -0.330. The maximum atomic E-state index is 11.9. The van der Waals surface area contributed by atoms with Gasteiger partial charge in [-0.15, -0.1) is 0 Å². The van der Waals surface area contributed by atoms with Gasteiger partial charge in [-0.2, -0.15) is 13.2 Å². The number of hydrogen-bond donors (Lipinski definition) is 2. The third-order valence-electron chi connectivity index (χ3n) is 2.21. The first kappa shape index (κ1) is 15.7. The zero-order chi connectivity index (χ0) is 12.6. The van der Waals surface area contributed by atoms with Crippen LogP contribution >= 0.6 is 0 Å². The van der Waals surface area contributed by atoms with Gasteiger partial charge in [-0.1, -0.05) is 6.92 Å². The van der Waals surface area contributed by atoms with Crippen molar-refractivity contribution in [3.63, 3.8) is 0 Å². The van der Waals surface area contributed by atoms with Crippen LogP contribution in [0, 0.1) is 0 Å². The van der Waals surface area contributed by atoms with Crippen molar-refractivity contribution in [2.75, 3.05) is 33.3 Å². The molecular formula is C10H21F3N2O. The average Bonchev–Trinajstić information content (AvgIpc) is 2.20. The lowest BCUT2D eigenvalue weighted by atomic mass is 10.2. The molecular weight excluding hydrogens is 221 g/mol. The first-order valence-corrected chi connectivity index (χ1v) is 5.48. The number of halogens is 3. The van der Waals surface area contributed by atoms with Crippen LogP contribution in [0.2, 0.25) is 0 Å². The summed E-state index contributed by atoms with van der Waals surface area (Å²) < 4.78 is 35.8. The zero-order valence-corrected chi connectivity index (χ0v) is 9.85. The minimum absolute atomic E-state index is 0.0339. The molecule has 1 atom stereocenters. The van der Waals surface area contributed by atoms with Crippen molar-refractivity contribution >= 4 is 0 Å². The molecule has 0 spiro atoms. The van der Waals surface area contributed by atoms with Gasteiger partial charge in [0.25, 0.3) is 0 Å². The van der Waals surface area contributed by atoms with E-state index in [4.69, 9.17) is 5.11 Å². The molecule has 0 aliphatic rings. The molecule has 0 heterocycles. The molecule has 0 aliphatic carbocycles. The van der Waals surface area contributed by atoms with Crippen molar-refractivity contribution < 1.29 is 18.3 Å². The maximum Gasteiger partial charge on any atom is 0.390 e. The summed E-state index contributed by atoms with van der Waals surface area (Å²) in [4.78, 5) is 1.58. The van der Waals surface area contributed by atoms with Crippen LogP contribution in [-0.4, -0.2) is 55.5 Å². The van der Waals surface area contributed by atoms with Crippen LogP contribution in [0.15, 0.2) is 0 Å². The number of rotatable bonds is 8. The molecule has 6 heteroatoms. The van der Waals surface area contributed by atoms with Crippen LogP contribution in [0.3, 0.4) is 0 Å². The smallest absolute Gasteiger partial charge is 0.390 e. The van der Waals surface area contributed by atoms with Crippen LogP contribution in [0.25, 0.3) is 0 Å². The van der Waals surface area contributed by atoms with Crippen molar-refractivity contribution in [1.29, 1.82) is 0 Å². The molecule has 0 bridgehead atoms. The Kier molecular flexibility index (Phi) is 7.70. The molecule has 2 N–H and O–H groups in total. The molecule has 0 radical (unpaired) electrons. The summed E-state index contributed by atoms with van der Waals surface area (Å²) in [5, 5.41) is 12.1. The lowest BCUT2D eigenvalue weighted by Crippen LogP contribution is -2.43. The Morgan fingerprint density at radius 2 is 2.00 bits per heavy atom. The normalized spacial score (nSPS) is 14.4. The number of likely N-dealkylation sites (N-methyl/N-ethyl adjacent to an activating group) is 1. The molecule has 1 unspecified atom stereocenters. The highest BCUT2D eigenvalue weighted by molar-refractivity contribution is 4.70. The zero-order valence-electron chi connectivity index (χ0n) is 9.85. The standard InChI is InChI=1S/C10H21F3N2O/c1-3-5-14-9(8-16)7-15(2)6-4-10(11,12)13/h9,14,16H,3-8H2,1-2H3. The predicted molar refractivity (Wildman–Crippen MR) is 57.3 cm³/mol. The molecule has 0 saturated heterocycles. The molecule has 0 fully saturated rings. The summed E-state index contributed by atoms with van der Waals surface area (Å²) in [6.45, 7) is 3.09. The van der Waals surface area contributed by atoms with Crippen LogP contribution in [0.5, 0.6) is 0 Å². The van der Waals surface area contributed by atoms with Crippen LogP contribution < -0.4 is 5.32 Å². The van der Waals surface area contributed by atoms with Crippen molar-refractivity contribution in [2.45, 2.75) is 32.0 Å². The second-order valence-corrected chi connectivity index (χ2v) is 3.96. The molecule has 98 valence electrons. The van der Waals surface area contributed by atoms with Gasteiger partial charge in [0.2, 0.25) is 0 Å². The lowest BCUT2D eigenvalue weighted by molar-refractivity contribution is -0.137. The van der Waals surface area contributed by atoms with E-state index in [-0.39, 0.29) is 19.2 Å². The number of hydrogen-bond acceptors (Lipinski definition) is 3. The van der Waals surface area contributed by atoms with E-state index < -0.39 is 12.6 Å². The van der Waals surface area contributed by atoms with Gasteiger partial charge in [0, 0.05) is 19.1 Å². The Labute approximate surface area is 94.6 Å². The summed E-state index contributed by atoms with van der Waals surface area (Å²) in [6.07, 6.45) is -3.99. The minimum atomic E-state index is -4.11. The quantitative estimate of drug-likeness (QED) is 0.672. The number of alkyl halides is 3. The molecule has 0 aromatic carbocycles. The fourth-order valence-corrected chi connectivity index (χ4v) is 1.32. The number of aliphatic hydroxyl groups is 1. The predicted octanol–water partition coefficient (Wildman–Crippen LogP) is 1.23. The van der Waals surface area contributed by atoms with Gasteiger partial charge >= 0.3 is 6.18 Å². The highest BCUT2D eigenvalue weighted by atomic mass is 19.4. The van der Waals surface area contributed by atoms with Gasteiger partial charge in [0.05, 0.1) is 13.0 Å². The summed E-state index contributed by atoms with van der Waals surface area (Å²) in [5.41, 5.74) is 0. The first-order valence-electron chi connectivity index (χ1n) is 5.48. The molecule has 3 nitrogen and oxygen atoms in total. The van der Waals surface area contributed by atoms with Gasteiger partial charge in [0.1, 0.15) is 0 Å². The van der Waals surface area contributed by atoms with E-state index in [0.717, 1.165) is 13.0 Å². The van der Waals surface area contributed by atoms with Crippen molar-refractivity contribution in [1.82, 2.24) is 10.2 Å². The van der Waals surface area contributed by atoms with Gasteiger partial charge < -0.3 is 15.3 Å². The average molecular weight is 242 g/mol. The van der Waals surface area contributed by atoms with Gasteiger partial charge in [-0.05, 0) is 20.0 Å². The number of aliphatic hydroxyl groups excluding tert-OH is 1. The van der Waals surface area contributed by atoms with Crippen LogP contribution in [-0.2, 0) is 0 Å². The molecule has 16 heavy (non-hydrogen) atoms. The monoisotopic (exact) mass is 242 g/mol. The second-order valence-electron chi connectivity index (χ2n) is 3.96. The van der Waals surface area contributed by atoms with E-state index in [1.165, 1.54) is 0 Å². The summed E-state index contributed by atoms with van der Waals surface area (Å²) >= 11 is 0. The molecule has 0 aromatic heterocycles. The highest BCUT2D eigenvalue weighted by Crippen LogP contribution is 2.19. The topological polar surface area (TPSA) is 35.5 Å². The van der Waals surface area contributed by atoms with Gasteiger partial charge in [-0.25, -0.2) is 0 Å². The van der Waals surface area contributed by atoms with Crippen molar-refractivity contribution in [3.8, 4) is 0 Å². The molecule has 0 rings (SSSR count). The highest BCUT2D eigenvalue weighted by Gasteiger charge is 2.27. The fourth-order valence-electron chi connectivity index (χ4n) is 1.32. The summed E-state index contributed by atoms with van der Waals surface area (Å²) in [5.74, 6) is 0. The van der Waals surface area contributed by atoms with E-state index >= 15 is 0 Å². The Balaban J connectivity index is 3.77. The summed E-state index contributed by atoms with van der Waals surface area (Å²) in [7, 11) is 1.63. The fraction of sp³-hybridized carbons (Fsp3) is 1.00. The largest absolute Gasteiger partial charge is 0.395 e. The van der Waals surface area contributed by atoms with E-state index in [2.05, 4.69) is 5.32 Å². The number of nitrogens with one attached hydrogen (secondary N) is 1. The van der Waals surface area contributed by atoms with E-state index in [9.17, 15) is 13.2 Å². The van der Waals surface area contributed by atoms with E-state index in [1.807, 2.05) is 6.92 Å². The van der Waals surface area contributed by atoms with Crippen molar-refractivity contribution in [2.24, 2.45) is 0 Å². The molecule has 0 aliphatic heterocycles. The third kappa shape index (κ3) is 8.94. The lowest BCUT2D eigenvalue weighted by Gasteiger charge is -2.23. The minimum Gasteiger partial charge on any atom is -0.395 e.